The molecule has 0 atom stereocenters. The van der Waals surface area contributed by atoms with Gasteiger partial charge in [0.15, 0.2) is 11.5 Å². The molecular weight excluding hydrogens is 568 g/mol. The normalized spacial score (nSPS) is 11.6. The lowest BCUT2D eigenvalue weighted by Crippen LogP contribution is -2.28. The highest BCUT2D eigenvalue weighted by Gasteiger charge is 2.25. The third-order valence-electron chi connectivity index (χ3n) is 7.12. The second kappa shape index (κ2) is 17.1. The average molecular weight is 617 g/mol. The molecule has 0 saturated heterocycles. The van der Waals surface area contributed by atoms with Gasteiger partial charge in [-0.2, -0.15) is 5.10 Å². The number of aromatic amines is 1. The summed E-state index contributed by atoms with van der Waals surface area (Å²) >= 11 is 6.59. The second-order valence-electron chi connectivity index (χ2n) is 11.9. The van der Waals surface area contributed by atoms with Crippen molar-refractivity contribution >= 4 is 34.9 Å². The van der Waals surface area contributed by atoms with Gasteiger partial charge in [0.25, 0.3) is 0 Å². The summed E-state index contributed by atoms with van der Waals surface area (Å²) in [6.45, 7) is 11.2. The van der Waals surface area contributed by atoms with Gasteiger partial charge in [0, 0.05) is 17.5 Å². The number of nitrogens with zero attached hydrogens (tertiary/aromatic N) is 3. The molecule has 3 aromatic rings. The van der Waals surface area contributed by atoms with E-state index in [1.807, 2.05) is 33.8 Å². The number of benzene rings is 1. The Morgan fingerprint density at radius 2 is 1.63 bits per heavy atom. The molecule has 2 amide bonds. The molecule has 1 aromatic carbocycles. The van der Waals surface area contributed by atoms with Gasteiger partial charge in [-0.1, -0.05) is 97.1 Å². The zero-order valence-electron chi connectivity index (χ0n) is 26.5. The fourth-order valence-electron chi connectivity index (χ4n) is 4.73. The highest BCUT2D eigenvalue weighted by molar-refractivity contribution is 6.34. The number of amides is 2. The number of H-pyrrole nitrogens is 1. The summed E-state index contributed by atoms with van der Waals surface area (Å²) in [6, 6.07) is 4.94. The Bertz CT molecular complexity index is 1310. The highest BCUT2D eigenvalue weighted by atomic mass is 35.5. The number of esters is 1. The molecule has 238 valence electrons. The van der Waals surface area contributed by atoms with E-state index < -0.39 is 0 Å². The molecule has 2 heterocycles. The Balaban J connectivity index is 1.51. The third kappa shape index (κ3) is 10.7. The van der Waals surface area contributed by atoms with Gasteiger partial charge in [0.2, 0.25) is 0 Å². The minimum Gasteiger partial charge on any atom is -0.491 e. The van der Waals surface area contributed by atoms with Crippen LogP contribution in [0.2, 0.25) is 5.02 Å². The summed E-state index contributed by atoms with van der Waals surface area (Å²) in [5.41, 5.74) is 2.26. The Kier molecular flexibility index (Phi) is 13.6. The van der Waals surface area contributed by atoms with Gasteiger partial charge in [0.1, 0.15) is 10.8 Å². The molecule has 0 spiro atoms. The van der Waals surface area contributed by atoms with Crippen molar-refractivity contribution < 1.29 is 19.1 Å². The number of hydrogen-bond acceptors (Lipinski definition) is 6. The summed E-state index contributed by atoms with van der Waals surface area (Å²) in [5.74, 6) is 0.670. The molecule has 0 fully saturated rings. The van der Waals surface area contributed by atoms with Crippen LogP contribution in [-0.4, -0.2) is 51.6 Å². The molecule has 0 aliphatic rings. The van der Waals surface area contributed by atoms with Crippen LogP contribution in [0.5, 0.6) is 5.75 Å². The highest BCUT2D eigenvalue weighted by Crippen LogP contribution is 2.34. The van der Waals surface area contributed by atoms with Crippen molar-refractivity contribution in [2.45, 2.75) is 111 Å². The van der Waals surface area contributed by atoms with Crippen molar-refractivity contribution in [3.8, 4) is 17.1 Å². The molecule has 2 aromatic heterocycles. The molecular formula is C32H49ClN6O4. The predicted octanol–water partition coefficient (Wildman–Crippen LogP) is 8.05. The minimum absolute atomic E-state index is 0.115. The number of hydrogen-bond donors (Lipinski definition) is 3. The van der Waals surface area contributed by atoms with Gasteiger partial charge in [0.05, 0.1) is 31.0 Å². The summed E-state index contributed by atoms with van der Waals surface area (Å²) in [6.07, 6.45) is 12.4. The number of carbonyl (C=O) groups is 2. The third-order valence-corrected chi connectivity index (χ3v) is 7.47. The van der Waals surface area contributed by atoms with Crippen molar-refractivity contribution in [1.29, 1.82) is 0 Å². The maximum atomic E-state index is 12.3. The number of carbonyl (C=O) groups excluding carboxylic acids is 2. The van der Waals surface area contributed by atoms with Crippen LogP contribution < -0.4 is 15.4 Å². The molecule has 0 radical (unpaired) electrons. The minimum atomic E-state index is -0.368. The maximum absolute atomic E-state index is 12.3. The lowest BCUT2D eigenvalue weighted by atomic mass is 9.92. The summed E-state index contributed by atoms with van der Waals surface area (Å²) in [4.78, 5) is 27.8. The van der Waals surface area contributed by atoms with Crippen LogP contribution in [-0.2, 0) is 14.9 Å². The first-order valence-corrected chi connectivity index (χ1v) is 16.1. The molecule has 3 rings (SSSR count). The topological polar surface area (TPSA) is 123 Å². The number of urea groups is 1. The standard InChI is InChI=1S/C32H49ClN6O4/c1-6-8-9-10-11-12-13-14-15-16-20-43-26(40)19-21-42-25-18-17-23(22-24(25)35-31(41)34-7-2)29-36-30-27(33)28(32(3,4)5)37-39(30)38-29/h17-18,22H,6-16,19-21H2,1-5H3,(H,36,38)(H2,34,35,41). The van der Waals surface area contributed by atoms with E-state index in [4.69, 9.17) is 21.1 Å². The molecule has 43 heavy (non-hydrogen) atoms. The smallest absolute Gasteiger partial charge is 0.319 e. The quantitative estimate of drug-likeness (QED) is 0.0981. The Hall–Kier alpha value is -3.27. The van der Waals surface area contributed by atoms with Crippen LogP contribution in [0.4, 0.5) is 10.5 Å². The van der Waals surface area contributed by atoms with Crippen LogP contribution in [0.3, 0.4) is 0 Å². The zero-order valence-corrected chi connectivity index (χ0v) is 27.2. The first-order chi connectivity index (χ1) is 20.6. The van der Waals surface area contributed by atoms with Gasteiger partial charge in [-0.3, -0.25) is 4.79 Å². The van der Waals surface area contributed by atoms with Gasteiger partial charge in [-0.25, -0.2) is 4.79 Å². The Labute approximate surface area is 260 Å². The summed E-state index contributed by atoms with van der Waals surface area (Å²) in [7, 11) is 0. The van der Waals surface area contributed by atoms with Crippen LogP contribution >= 0.6 is 11.6 Å². The van der Waals surface area contributed by atoms with Crippen molar-refractivity contribution in [1.82, 2.24) is 25.1 Å². The molecule has 3 N–H and O–H groups in total. The number of fused-ring (bicyclic) bond motifs is 1. The van der Waals surface area contributed by atoms with Crippen LogP contribution in [0, 0.1) is 0 Å². The SMILES string of the molecule is CCCCCCCCCCCCOC(=O)CCOc1ccc(-c2nn3nc(C(C)(C)C)c(Cl)c3[nH]2)cc1NC(=O)NCC. The number of halogens is 1. The zero-order chi connectivity index (χ0) is 31.2. The summed E-state index contributed by atoms with van der Waals surface area (Å²) in [5, 5.41) is 15.2. The molecule has 10 nitrogen and oxygen atoms in total. The lowest BCUT2D eigenvalue weighted by Gasteiger charge is -2.15. The average Bonchev–Trinajstić information content (AvgIpc) is 3.52. The largest absolute Gasteiger partial charge is 0.491 e. The first-order valence-electron chi connectivity index (χ1n) is 15.8. The van der Waals surface area contributed by atoms with Crippen molar-refractivity contribution in [3.05, 3.63) is 28.9 Å². The van der Waals surface area contributed by atoms with Crippen LogP contribution in [0.25, 0.3) is 17.0 Å². The fraction of sp³-hybridized carbons (Fsp3) is 0.625. The van der Waals surface area contributed by atoms with Crippen LogP contribution in [0.1, 0.15) is 111 Å². The molecule has 0 bridgehead atoms. The number of ether oxygens (including phenoxy) is 2. The second-order valence-corrected chi connectivity index (χ2v) is 12.3. The lowest BCUT2D eigenvalue weighted by molar-refractivity contribution is -0.144. The number of unbranched alkanes of at least 4 members (excludes halogenated alkanes) is 9. The number of rotatable bonds is 18. The van der Waals surface area contributed by atoms with E-state index in [1.165, 1.54) is 56.0 Å². The van der Waals surface area contributed by atoms with E-state index >= 15 is 0 Å². The van der Waals surface area contributed by atoms with Gasteiger partial charge < -0.3 is 25.1 Å². The Morgan fingerprint density at radius 1 is 0.953 bits per heavy atom. The van der Waals surface area contributed by atoms with Gasteiger partial charge in [-0.15, -0.1) is 9.73 Å². The van der Waals surface area contributed by atoms with E-state index in [0.717, 1.165) is 18.5 Å². The number of anilines is 1. The van der Waals surface area contributed by atoms with Gasteiger partial charge >= 0.3 is 12.0 Å². The van der Waals surface area contributed by atoms with E-state index in [-0.39, 0.29) is 30.4 Å². The van der Waals surface area contributed by atoms with Crippen molar-refractivity contribution in [2.75, 3.05) is 25.1 Å². The van der Waals surface area contributed by atoms with Gasteiger partial charge in [-0.05, 0) is 31.5 Å². The van der Waals surface area contributed by atoms with Crippen LogP contribution in [0.15, 0.2) is 18.2 Å². The molecule has 0 aliphatic carbocycles. The van der Waals surface area contributed by atoms with Crippen molar-refractivity contribution in [2.24, 2.45) is 0 Å². The fourth-order valence-corrected chi connectivity index (χ4v) is 5.17. The van der Waals surface area contributed by atoms with E-state index in [9.17, 15) is 9.59 Å². The Morgan fingerprint density at radius 3 is 2.26 bits per heavy atom. The molecule has 0 aliphatic heterocycles. The summed E-state index contributed by atoms with van der Waals surface area (Å²) < 4.78 is 12.8. The first kappa shape index (κ1) is 34.2. The van der Waals surface area contributed by atoms with E-state index in [1.54, 1.807) is 12.1 Å². The molecule has 0 saturated carbocycles. The maximum Gasteiger partial charge on any atom is 0.319 e. The monoisotopic (exact) mass is 616 g/mol. The molecule has 0 unspecified atom stereocenters. The molecule has 11 heteroatoms. The number of nitrogens with one attached hydrogen (secondary N) is 3. The van der Waals surface area contributed by atoms with E-state index in [0.29, 0.717) is 46.6 Å². The predicted molar refractivity (Wildman–Crippen MR) is 172 cm³/mol. The number of aromatic nitrogens is 4. The van der Waals surface area contributed by atoms with Crippen molar-refractivity contribution in [3.63, 3.8) is 0 Å². The van der Waals surface area contributed by atoms with E-state index in [2.05, 4.69) is 32.7 Å².